The molecule has 0 amide bonds. The highest BCUT2D eigenvalue weighted by atomic mass is 16.7. The van der Waals surface area contributed by atoms with E-state index in [-0.39, 0.29) is 29.3 Å². The summed E-state index contributed by atoms with van der Waals surface area (Å²) in [5.74, 6) is 0.238. The van der Waals surface area contributed by atoms with Gasteiger partial charge in [0.05, 0.1) is 0 Å². The summed E-state index contributed by atoms with van der Waals surface area (Å²) in [6.45, 7) is 1.26. The fraction of sp³-hybridized carbons (Fsp3) is 0.125. The zero-order valence-electron chi connectivity index (χ0n) is 12.1. The van der Waals surface area contributed by atoms with Crippen molar-refractivity contribution in [2.75, 3.05) is 6.61 Å². The third kappa shape index (κ3) is 3.44. The Hall–Kier alpha value is -3.40. The van der Waals surface area contributed by atoms with Crippen molar-refractivity contribution in [3.8, 4) is 29.9 Å². The molecule has 0 aliphatic rings. The predicted molar refractivity (Wildman–Crippen MR) is 79.4 cm³/mol. The van der Waals surface area contributed by atoms with E-state index in [1.807, 2.05) is 0 Å². The van der Waals surface area contributed by atoms with E-state index in [1.54, 1.807) is 0 Å². The van der Waals surface area contributed by atoms with E-state index >= 15 is 0 Å². The molecule has 0 unspecified atom stereocenters. The van der Waals surface area contributed by atoms with Crippen LogP contribution >= 0.6 is 0 Å². The minimum Gasteiger partial charge on any atom is -0.492 e. The van der Waals surface area contributed by atoms with E-state index < -0.39 is 17.7 Å². The molecule has 1 heterocycles. The first-order valence-electron chi connectivity index (χ1n) is 6.47. The van der Waals surface area contributed by atoms with Crippen molar-refractivity contribution in [2.24, 2.45) is 0 Å². The van der Waals surface area contributed by atoms with E-state index in [4.69, 9.17) is 16.0 Å². The number of nitrogens with zero attached hydrogens (tertiary/aromatic N) is 1. The molecule has 0 saturated heterocycles. The van der Waals surface area contributed by atoms with E-state index in [2.05, 4.69) is 5.92 Å². The number of aromatic hydroxyl groups is 2. The smallest absolute Gasteiger partial charge is 0.367 e. The zero-order chi connectivity index (χ0) is 17.0. The van der Waals surface area contributed by atoms with Crippen LogP contribution in [0.15, 0.2) is 30.3 Å². The lowest BCUT2D eigenvalue weighted by Gasteiger charge is -2.11. The van der Waals surface area contributed by atoms with Gasteiger partial charge in [-0.05, 0) is 25.1 Å². The van der Waals surface area contributed by atoms with Crippen LogP contribution in [0.5, 0.6) is 17.5 Å². The second-order valence-electron chi connectivity index (χ2n) is 4.48. The Kier molecular flexibility index (Phi) is 4.57. The standard InChI is InChI=1S/C16H13NO6/c1-3-8-22-13-5-4-11(10(2)18)9-12(13)16(21)23-17-14(19)6-7-15(17)20/h1,4-7,9,19-20H,8H2,2H3. The number of terminal acetylenes is 1. The molecule has 0 aliphatic heterocycles. The topological polar surface area (TPSA) is 98.0 Å². The van der Waals surface area contributed by atoms with Crippen molar-refractivity contribution in [1.29, 1.82) is 0 Å². The van der Waals surface area contributed by atoms with Crippen LogP contribution in [-0.4, -0.2) is 33.3 Å². The summed E-state index contributed by atoms with van der Waals surface area (Å²) in [5.41, 5.74) is 0.200. The molecule has 0 spiro atoms. The maximum absolute atomic E-state index is 12.3. The monoisotopic (exact) mass is 315 g/mol. The second-order valence-corrected chi connectivity index (χ2v) is 4.48. The van der Waals surface area contributed by atoms with Gasteiger partial charge in [0, 0.05) is 17.7 Å². The van der Waals surface area contributed by atoms with Gasteiger partial charge < -0.3 is 19.8 Å². The fourth-order valence-corrected chi connectivity index (χ4v) is 1.78. The number of ketones is 1. The first-order valence-corrected chi connectivity index (χ1v) is 6.47. The Balaban J connectivity index is 2.38. The third-order valence-corrected chi connectivity index (χ3v) is 2.89. The van der Waals surface area contributed by atoms with E-state index in [9.17, 15) is 19.8 Å². The number of hydrogen-bond acceptors (Lipinski definition) is 6. The highest BCUT2D eigenvalue weighted by Crippen LogP contribution is 2.24. The van der Waals surface area contributed by atoms with Gasteiger partial charge in [0.1, 0.15) is 17.9 Å². The number of rotatable bonds is 5. The van der Waals surface area contributed by atoms with Crippen LogP contribution in [0, 0.1) is 12.3 Å². The number of Topliss-reactive ketones (excluding diaryl/α,β-unsaturated/α-hetero) is 1. The average molecular weight is 315 g/mol. The molecule has 0 aliphatic carbocycles. The molecule has 0 saturated carbocycles. The van der Waals surface area contributed by atoms with Crippen LogP contribution in [0.2, 0.25) is 0 Å². The molecule has 118 valence electrons. The summed E-state index contributed by atoms with van der Waals surface area (Å²) in [6, 6.07) is 6.47. The van der Waals surface area contributed by atoms with Gasteiger partial charge in [0.25, 0.3) is 0 Å². The van der Waals surface area contributed by atoms with Gasteiger partial charge in [-0.15, -0.1) is 11.2 Å². The van der Waals surface area contributed by atoms with Crippen molar-refractivity contribution >= 4 is 11.8 Å². The number of benzene rings is 1. The highest BCUT2D eigenvalue weighted by Gasteiger charge is 2.20. The van der Waals surface area contributed by atoms with Gasteiger partial charge in [-0.25, -0.2) is 4.79 Å². The minimum atomic E-state index is -0.943. The van der Waals surface area contributed by atoms with Crippen LogP contribution in [0.3, 0.4) is 0 Å². The molecule has 7 nitrogen and oxygen atoms in total. The molecule has 0 fully saturated rings. The molecule has 23 heavy (non-hydrogen) atoms. The molecule has 0 radical (unpaired) electrons. The minimum absolute atomic E-state index is 0.0690. The Morgan fingerprint density at radius 2 is 1.87 bits per heavy atom. The maximum atomic E-state index is 12.3. The Morgan fingerprint density at radius 3 is 2.43 bits per heavy atom. The lowest BCUT2D eigenvalue weighted by Crippen LogP contribution is -2.20. The fourth-order valence-electron chi connectivity index (χ4n) is 1.78. The summed E-state index contributed by atoms with van der Waals surface area (Å²) in [5, 5.41) is 19.0. The summed E-state index contributed by atoms with van der Waals surface area (Å²) in [4.78, 5) is 28.6. The van der Waals surface area contributed by atoms with Gasteiger partial charge in [0.2, 0.25) is 11.8 Å². The number of carbonyl (C=O) groups is 2. The van der Waals surface area contributed by atoms with Crippen LogP contribution < -0.4 is 9.57 Å². The quantitative estimate of drug-likeness (QED) is 0.639. The molecule has 0 bridgehead atoms. The molecule has 1 aromatic heterocycles. The van der Waals surface area contributed by atoms with Crippen molar-refractivity contribution in [2.45, 2.75) is 6.92 Å². The molecular weight excluding hydrogens is 302 g/mol. The van der Waals surface area contributed by atoms with Crippen LogP contribution in [0.25, 0.3) is 0 Å². The Morgan fingerprint density at radius 1 is 1.22 bits per heavy atom. The van der Waals surface area contributed by atoms with E-state index in [0.717, 1.165) is 12.1 Å². The van der Waals surface area contributed by atoms with Gasteiger partial charge >= 0.3 is 5.97 Å². The lowest BCUT2D eigenvalue weighted by molar-refractivity contribution is 0.0378. The number of hydrogen-bond donors (Lipinski definition) is 2. The molecular formula is C16H13NO6. The molecule has 1 aromatic carbocycles. The van der Waals surface area contributed by atoms with Crippen LogP contribution in [-0.2, 0) is 0 Å². The van der Waals surface area contributed by atoms with Crippen LogP contribution in [0.4, 0.5) is 0 Å². The van der Waals surface area contributed by atoms with Gasteiger partial charge in [-0.1, -0.05) is 5.92 Å². The molecule has 7 heteroatoms. The second kappa shape index (κ2) is 6.58. The van der Waals surface area contributed by atoms with Crippen molar-refractivity contribution in [3.63, 3.8) is 0 Å². The number of aromatic nitrogens is 1. The SMILES string of the molecule is C#CCOc1ccc(C(C)=O)cc1C(=O)On1c(O)ccc1O. The van der Waals surface area contributed by atoms with E-state index in [1.165, 1.54) is 25.1 Å². The summed E-state index contributed by atoms with van der Waals surface area (Å²) < 4.78 is 5.77. The third-order valence-electron chi connectivity index (χ3n) is 2.89. The summed E-state index contributed by atoms with van der Waals surface area (Å²) in [6.07, 6.45) is 5.11. The Bertz CT molecular complexity index is 780. The number of ether oxygens (including phenoxy) is 1. The predicted octanol–water partition coefficient (Wildman–Crippen LogP) is 1.38. The molecule has 2 rings (SSSR count). The average Bonchev–Trinajstić information content (AvgIpc) is 2.84. The zero-order valence-corrected chi connectivity index (χ0v) is 12.1. The van der Waals surface area contributed by atoms with Gasteiger partial charge in [-0.3, -0.25) is 4.79 Å². The van der Waals surface area contributed by atoms with E-state index in [0.29, 0.717) is 4.73 Å². The van der Waals surface area contributed by atoms with Gasteiger partial charge in [-0.2, -0.15) is 0 Å². The highest BCUT2D eigenvalue weighted by molar-refractivity contribution is 5.99. The molecule has 0 atom stereocenters. The summed E-state index contributed by atoms with van der Waals surface area (Å²) in [7, 11) is 0. The first-order chi connectivity index (χ1) is 10.9. The van der Waals surface area contributed by atoms with Crippen molar-refractivity contribution < 1.29 is 29.4 Å². The summed E-state index contributed by atoms with van der Waals surface area (Å²) >= 11 is 0. The van der Waals surface area contributed by atoms with Crippen molar-refractivity contribution in [1.82, 2.24) is 4.73 Å². The van der Waals surface area contributed by atoms with Crippen LogP contribution in [0.1, 0.15) is 27.6 Å². The normalized spacial score (nSPS) is 9.91. The maximum Gasteiger partial charge on any atom is 0.367 e. The lowest BCUT2D eigenvalue weighted by atomic mass is 10.1. The largest absolute Gasteiger partial charge is 0.492 e. The van der Waals surface area contributed by atoms with Crippen molar-refractivity contribution in [3.05, 3.63) is 41.5 Å². The Labute approximate surface area is 131 Å². The first kappa shape index (κ1) is 16.0. The van der Waals surface area contributed by atoms with Gasteiger partial charge in [0.15, 0.2) is 5.78 Å². The molecule has 2 aromatic rings. The number of carbonyl (C=O) groups excluding carboxylic acids is 2. The molecule has 2 N–H and O–H groups in total.